The van der Waals surface area contributed by atoms with Crippen LogP contribution in [0.1, 0.15) is 48.5 Å². The number of hydrogen-bond donors (Lipinski definition) is 1. The zero-order valence-corrected chi connectivity index (χ0v) is 13.3. The number of nitrogens with one attached hydrogen (secondary N) is 1. The van der Waals surface area contributed by atoms with Crippen molar-refractivity contribution in [1.82, 2.24) is 10.2 Å². The average Bonchev–Trinajstić information content (AvgIpc) is 2.12. The molecule has 3 nitrogen and oxygen atoms in total. The fourth-order valence-corrected chi connectivity index (χ4v) is 3.16. The molecule has 0 saturated carbocycles. The van der Waals surface area contributed by atoms with Gasteiger partial charge in [0.15, 0.2) is 0 Å². The third-order valence-corrected chi connectivity index (χ3v) is 3.56. The topological polar surface area (TPSA) is 24.5 Å². The third-order valence-electron chi connectivity index (χ3n) is 3.56. The Hall–Kier alpha value is -0.120. The van der Waals surface area contributed by atoms with Crippen molar-refractivity contribution in [1.29, 1.82) is 0 Å². The number of hydrogen-bond acceptors (Lipinski definition) is 3. The monoisotopic (exact) mass is 256 g/mol. The highest BCUT2D eigenvalue weighted by atomic mass is 16.5. The first-order valence-corrected chi connectivity index (χ1v) is 7.32. The highest BCUT2D eigenvalue weighted by Gasteiger charge is 2.40. The number of rotatable bonds is 5. The molecular weight excluding hydrogens is 224 g/mol. The van der Waals surface area contributed by atoms with Gasteiger partial charge in [0.1, 0.15) is 0 Å². The van der Waals surface area contributed by atoms with Crippen LogP contribution in [-0.4, -0.2) is 48.3 Å². The van der Waals surface area contributed by atoms with Crippen molar-refractivity contribution in [2.75, 3.05) is 26.2 Å². The van der Waals surface area contributed by atoms with Gasteiger partial charge < -0.3 is 10.1 Å². The van der Waals surface area contributed by atoms with E-state index in [2.05, 4.69) is 58.7 Å². The number of morpholine rings is 1. The summed E-state index contributed by atoms with van der Waals surface area (Å²) in [5.41, 5.74) is -0.109. The van der Waals surface area contributed by atoms with Gasteiger partial charge in [-0.25, -0.2) is 0 Å². The maximum absolute atomic E-state index is 6.16. The Kier molecular flexibility index (Phi) is 5.22. The van der Waals surface area contributed by atoms with Gasteiger partial charge in [-0.15, -0.1) is 0 Å². The van der Waals surface area contributed by atoms with Crippen molar-refractivity contribution in [2.45, 2.75) is 65.7 Å². The molecule has 0 radical (unpaired) electrons. The molecule has 0 spiro atoms. The van der Waals surface area contributed by atoms with E-state index in [-0.39, 0.29) is 11.2 Å². The molecule has 18 heavy (non-hydrogen) atoms. The van der Waals surface area contributed by atoms with Crippen LogP contribution in [0, 0.1) is 5.92 Å². The molecule has 0 aliphatic carbocycles. The van der Waals surface area contributed by atoms with Crippen molar-refractivity contribution >= 4 is 0 Å². The Morgan fingerprint density at radius 1 is 1.11 bits per heavy atom. The molecule has 1 heterocycles. The molecule has 0 aromatic carbocycles. The normalized spacial score (nSPS) is 25.3. The second-order valence-electron chi connectivity index (χ2n) is 7.15. The van der Waals surface area contributed by atoms with Crippen LogP contribution in [0.5, 0.6) is 0 Å². The van der Waals surface area contributed by atoms with Gasteiger partial charge in [0, 0.05) is 25.7 Å². The van der Waals surface area contributed by atoms with Crippen LogP contribution in [-0.2, 0) is 4.74 Å². The maximum atomic E-state index is 6.16. The van der Waals surface area contributed by atoms with Gasteiger partial charge in [-0.1, -0.05) is 20.8 Å². The Bertz CT molecular complexity index is 245. The van der Waals surface area contributed by atoms with Crippen molar-refractivity contribution in [3.05, 3.63) is 0 Å². The molecule has 0 aromatic rings. The minimum absolute atomic E-state index is 0.0545. The van der Waals surface area contributed by atoms with Gasteiger partial charge in [-0.2, -0.15) is 0 Å². The van der Waals surface area contributed by atoms with E-state index in [4.69, 9.17) is 4.74 Å². The summed E-state index contributed by atoms with van der Waals surface area (Å²) in [5, 5.41) is 3.50. The first-order valence-electron chi connectivity index (χ1n) is 7.32. The Morgan fingerprint density at radius 2 is 1.61 bits per heavy atom. The summed E-state index contributed by atoms with van der Waals surface area (Å²) in [5.74, 6) is 0.661. The van der Waals surface area contributed by atoms with E-state index in [0.29, 0.717) is 12.0 Å². The van der Waals surface area contributed by atoms with Crippen LogP contribution in [0.3, 0.4) is 0 Å². The average molecular weight is 256 g/mol. The van der Waals surface area contributed by atoms with Crippen LogP contribution in [0.2, 0.25) is 0 Å². The molecule has 1 atom stereocenters. The number of ether oxygens (including phenoxy) is 1. The first-order chi connectivity index (χ1) is 8.17. The lowest BCUT2D eigenvalue weighted by molar-refractivity contribution is -0.189. The molecule has 1 aliphatic rings. The van der Waals surface area contributed by atoms with Crippen LogP contribution < -0.4 is 5.32 Å². The molecule has 1 aliphatic heterocycles. The Balaban J connectivity index is 2.77. The van der Waals surface area contributed by atoms with E-state index in [1.807, 2.05) is 0 Å². The standard InChI is InChI=1S/C15H32N2O/c1-8-16-9-13(12(2)3)17-10-14(4,5)18-15(6,7)11-17/h12-13,16H,8-11H2,1-7H3. The van der Waals surface area contributed by atoms with Gasteiger partial charge in [0.25, 0.3) is 0 Å². The molecular formula is C15H32N2O. The van der Waals surface area contributed by atoms with Crippen LogP contribution in [0.4, 0.5) is 0 Å². The molecule has 1 N–H and O–H groups in total. The van der Waals surface area contributed by atoms with E-state index in [1.165, 1.54) is 0 Å². The lowest BCUT2D eigenvalue weighted by Crippen LogP contribution is -2.62. The maximum Gasteiger partial charge on any atom is 0.0760 e. The van der Waals surface area contributed by atoms with Crippen molar-refractivity contribution in [3.8, 4) is 0 Å². The highest BCUT2D eigenvalue weighted by molar-refractivity contribution is 4.93. The molecule has 0 bridgehead atoms. The SMILES string of the molecule is CCNCC(C(C)C)N1CC(C)(C)OC(C)(C)C1. The lowest BCUT2D eigenvalue weighted by Gasteiger charge is -2.50. The van der Waals surface area contributed by atoms with Gasteiger partial charge in [-0.3, -0.25) is 4.90 Å². The molecule has 1 rings (SSSR count). The quantitative estimate of drug-likeness (QED) is 0.818. The molecule has 0 aromatic heterocycles. The fourth-order valence-electron chi connectivity index (χ4n) is 3.16. The lowest BCUT2D eigenvalue weighted by atomic mass is 9.93. The van der Waals surface area contributed by atoms with E-state index in [1.54, 1.807) is 0 Å². The van der Waals surface area contributed by atoms with Crippen LogP contribution in [0.15, 0.2) is 0 Å². The van der Waals surface area contributed by atoms with E-state index in [0.717, 1.165) is 26.2 Å². The van der Waals surface area contributed by atoms with E-state index < -0.39 is 0 Å². The summed E-state index contributed by atoms with van der Waals surface area (Å²) >= 11 is 0. The minimum atomic E-state index is -0.0545. The molecule has 108 valence electrons. The fraction of sp³-hybridized carbons (Fsp3) is 1.00. The number of nitrogens with zero attached hydrogens (tertiary/aromatic N) is 1. The zero-order valence-electron chi connectivity index (χ0n) is 13.3. The summed E-state index contributed by atoms with van der Waals surface area (Å²) in [4.78, 5) is 2.61. The minimum Gasteiger partial charge on any atom is -0.367 e. The van der Waals surface area contributed by atoms with Crippen LogP contribution in [0.25, 0.3) is 0 Å². The summed E-state index contributed by atoms with van der Waals surface area (Å²) in [6, 6.07) is 0.590. The Labute approximate surface area is 113 Å². The smallest absolute Gasteiger partial charge is 0.0760 e. The van der Waals surface area contributed by atoms with E-state index >= 15 is 0 Å². The zero-order chi connectivity index (χ0) is 14.0. The van der Waals surface area contributed by atoms with Gasteiger partial charge in [0.2, 0.25) is 0 Å². The van der Waals surface area contributed by atoms with Crippen molar-refractivity contribution < 1.29 is 4.74 Å². The molecule has 3 heteroatoms. The highest BCUT2D eigenvalue weighted by Crippen LogP contribution is 2.30. The second kappa shape index (κ2) is 5.89. The summed E-state index contributed by atoms with van der Waals surface area (Å²) < 4.78 is 6.16. The largest absolute Gasteiger partial charge is 0.367 e. The predicted octanol–water partition coefficient (Wildman–Crippen LogP) is 2.51. The van der Waals surface area contributed by atoms with E-state index in [9.17, 15) is 0 Å². The second-order valence-corrected chi connectivity index (χ2v) is 7.15. The predicted molar refractivity (Wildman–Crippen MR) is 78.0 cm³/mol. The first kappa shape index (κ1) is 15.9. The van der Waals surface area contributed by atoms with Gasteiger partial charge in [-0.05, 0) is 40.2 Å². The molecule has 1 fully saturated rings. The van der Waals surface area contributed by atoms with Crippen molar-refractivity contribution in [2.24, 2.45) is 5.92 Å². The van der Waals surface area contributed by atoms with Gasteiger partial charge >= 0.3 is 0 Å². The van der Waals surface area contributed by atoms with Crippen molar-refractivity contribution in [3.63, 3.8) is 0 Å². The third kappa shape index (κ3) is 4.52. The summed E-state index contributed by atoms with van der Waals surface area (Å²) in [6.45, 7) is 19.8. The van der Waals surface area contributed by atoms with Crippen LogP contribution >= 0.6 is 0 Å². The molecule has 1 saturated heterocycles. The number of likely N-dealkylation sites (N-methyl/N-ethyl adjacent to an activating group) is 1. The Morgan fingerprint density at radius 3 is 2.00 bits per heavy atom. The summed E-state index contributed by atoms with van der Waals surface area (Å²) in [6.07, 6.45) is 0. The molecule has 1 unspecified atom stereocenters. The molecule has 0 amide bonds. The van der Waals surface area contributed by atoms with Gasteiger partial charge in [0.05, 0.1) is 11.2 Å². The summed E-state index contributed by atoms with van der Waals surface area (Å²) in [7, 11) is 0.